The Morgan fingerprint density at radius 2 is 1.79 bits per heavy atom. The molecule has 7 nitrogen and oxygen atoms in total. The number of methoxy groups -OCH3 is 1. The molecular weight excluding hydrogens is 464 g/mol. The van der Waals surface area contributed by atoms with Gasteiger partial charge in [0.25, 0.3) is 0 Å². The summed E-state index contributed by atoms with van der Waals surface area (Å²) in [5.74, 6) is -0.582. The zero-order chi connectivity index (χ0) is 23.6. The van der Waals surface area contributed by atoms with E-state index in [0.29, 0.717) is 22.0 Å². The van der Waals surface area contributed by atoms with E-state index in [1.54, 1.807) is 54.6 Å². The van der Waals surface area contributed by atoms with Gasteiger partial charge in [-0.15, -0.1) is 0 Å². The van der Waals surface area contributed by atoms with Crippen molar-refractivity contribution >= 4 is 44.6 Å². The zero-order valence-electron chi connectivity index (χ0n) is 17.7. The maximum atomic E-state index is 13.5. The van der Waals surface area contributed by atoms with Crippen LogP contribution in [0.2, 0.25) is 5.02 Å². The largest absolute Gasteiger partial charge is 0.495 e. The van der Waals surface area contributed by atoms with Crippen LogP contribution in [0.25, 0.3) is 0 Å². The van der Waals surface area contributed by atoms with E-state index in [1.807, 2.05) is 0 Å². The van der Waals surface area contributed by atoms with Gasteiger partial charge >= 0.3 is 0 Å². The summed E-state index contributed by atoms with van der Waals surface area (Å²) in [7, 11) is -2.42. The van der Waals surface area contributed by atoms with Crippen LogP contribution in [-0.4, -0.2) is 33.9 Å². The minimum atomic E-state index is -3.88. The fourth-order valence-electron chi connectivity index (χ4n) is 3.84. The number of rotatable bonds is 5. The van der Waals surface area contributed by atoms with Crippen LogP contribution in [0.15, 0.2) is 77.7 Å². The Labute approximate surface area is 196 Å². The lowest BCUT2D eigenvalue weighted by molar-refractivity contribution is -0.121. The Bertz CT molecular complexity index is 1310. The highest BCUT2D eigenvalue weighted by molar-refractivity contribution is 7.92. The molecule has 0 spiro atoms. The van der Waals surface area contributed by atoms with Crippen molar-refractivity contribution in [2.24, 2.45) is 0 Å². The molecule has 0 aromatic heterocycles. The standard InChI is InChI=1S/C24H21ClN2O5S/c1-32-20-12-11-17(25)13-18(20)26-23(28)15-27-19-9-5-6-10-21(19)33(30,31)22(14-24(27)29)16-7-3-2-4-8-16/h2-13,22H,14-15H2,1H3,(H,26,28)/t22-/m0/s1. The molecule has 0 bridgehead atoms. The van der Waals surface area contributed by atoms with Crippen LogP contribution in [0.3, 0.4) is 0 Å². The third-order valence-corrected chi connectivity index (χ3v) is 7.79. The van der Waals surface area contributed by atoms with Gasteiger partial charge in [0.2, 0.25) is 11.8 Å². The van der Waals surface area contributed by atoms with Gasteiger partial charge in [-0.25, -0.2) is 8.42 Å². The molecule has 0 saturated heterocycles. The number of nitrogens with zero attached hydrogens (tertiary/aromatic N) is 1. The molecule has 1 aliphatic heterocycles. The zero-order valence-corrected chi connectivity index (χ0v) is 19.3. The molecule has 1 aliphatic rings. The molecule has 0 aliphatic carbocycles. The summed E-state index contributed by atoms with van der Waals surface area (Å²) >= 11 is 6.03. The molecular formula is C24H21ClN2O5S. The van der Waals surface area contributed by atoms with E-state index in [2.05, 4.69) is 5.32 Å². The summed E-state index contributed by atoms with van der Waals surface area (Å²) in [5.41, 5.74) is 1.05. The number of carbonyl (C=O) groups excluding carboxylic acids is 2. The van der Waals surface area contributed by atoms with Gasteiger partial charge < -0.3 is 15.0 Å². The van der Waals surface area contributed by atoms with Crippen LogP contribution < -0.4 is 15.0 Å². The second-order valence-electron chi connectivity index (χ2n) is 7.49. The Hall–Kier alpha value is -3.36. The van der Waals surface area contributed by atoms with E-state index < -0.39 is 26.9 Å². The molecule has 0 saturated carbocycles. The Kier molecular flexibility index (Phi) is 6.40. The van der Waals surface area contributed by atoms with Crippen molar-refractivity contribution < 1.29 is 22.7 Å². The van der Waals surface area contributed by atoms with Crippen molar-refractivity contribution in [3.8, 4) is 5.75 Å². The summed E-state index contributed by atoms with van der Waals surface area (Å²) in [6, 6.07) is 19.6. The number of hydrogen-bond donors (Lipinski definition) is 1. The summed E-state index contributed by atoms with van der Waals surface area (Å²) in [4.78, 5) is 27.4. The first-order valence-corrected chi connectivity index (χ1v) is 12.1. The van der Waals surface area contributed by atoms with Crippen LogP contribution in [0, 0.1) is 0 Å². The molecule has 3 aromatic rings. The van der Waals surface area contributed by atoms with Crippen LogP contribution in [0.5, 0.6) is 5.75 Å². The van der Waals surface area contributed by atoms with E-state index >= 15 is 0 Å². The van der Waals surface area contributed by atoms with Gasteiger partial charge in [0.05, 0.1) is 28.6 Å². The molecule has 33 heavy (non-hydrogen) atoms. The van der Waals surface area contributed by atoms with Crippen LogP contribution >= 0.6 is 11.6 Å². The van der Waals surface area contributed by atoms with Gasteiger partial charge in [0.1, 0.15) is 12.3 Å². The summed E-state index contributed by atoms with van der Waals surface area (Å²) in [6.45, 7) is -0.372. The molecule has 1 atom stereocenters. The van der Waals surface area contributed by atoms with Gasteiger partial charge in [-0.2, -0.15) is 0 Å². The molecule has 0 radical (unpaired) electrons. The average molecular weight is 485 g/mol. The van der Waals surface area contributed by atoms with E-state index in [0.717, 1.165) is 0 Å². The van der Waals surface area contributed by atoms with Crippen molar-refractivity contribution in [2.45, 2.75) is 16.6 Å². The lowest BCUT2D eigenvalue weighted by Gasteiger charge is -2.22. The summed E-state index contributed by atoms with van der Waals surface area (Å²) < 4.78 is 32.3. The number of hydrogen-bond acceptors (Lipinski definition) is 5. The SMILES string of the molecule is COc1ccc(Cl)cc1NC(=O)CN1C(=O)C[C@@H](c2ccccc2)S(=O)(=O)c2ccccc21. The lowest BCUT2D eigenvalue weighted by atomic mass is 10.1. The first-order valence-electron chi connectivity index (χ1n) is 10.1. The van der Waals surface area contributed by atoms with E-state index in [4.69, 9.17) is 16.3 Å². The first kappa shape index (κ1) is 22.8. The van der Waals surface area contributed by atoms with Crippen LogP contribution in [-0.2, 0) is 19.4 Å². The average Bonchev–Trinajstić information content (AvgIpc) is 2.88. The minimum absolute atomic E-state index is 0.0119. The highest BCUT2D eigenvalue weighted by atomic mass is 35.5. The number of nitrogens with one attached hydrogen (secondary N) is 1. The molecule has 170 valence electrons. The van der Waals surface area contributed by atoms with Gasteiger partial charge in [-0.1, -0.05) is 54.1 Å². The molecule has 4 rings (SSSR count). The Balaban J connectivity index is 1.69. The number of para-hydroxylation sites is 1. The normalized spacial score (nSPS) is 17.1. The van der Waals surface area contributed by atoms with Gasteiger partial charge in [0.15, 0.2) is 9.84 Å². The molecule has 2 amide bonds. The maximum absolute atomic E-state index is 13.5. The first-order chi connectivity index (χ1) is 15.8. The number of fused-ring (bicyclic) bond motifs is 1. The number of benzene rings is 3. The minimum Gasteiger partial charge on any atom is -0.495 e. The van der Waals surface area contributed by atoms with Gasteiger partial charge in [-0.05, 0) is 35.9 Å². The van der Waals surface area contributed by atoms with E-state index in [-0.39, 0.29) is 23.5 Å². The fourth-order valence-corrected chi connectivity index (χ4v) is 5.93. The number of anilines is 2. The number of ether oxygens (including phenoxy) is 1. The highest BCUT2D eigenvalue weighted by Gasteiger charge is 2.39. The molecule has 1 N–H and O–H groups in total. The van der Waals surface area contributed by atoms with Gasteiger partial charge in [-0.3, -0.25) is 9.59 Å². The summed E-state index contributed by atoms with van der Waals surface area (Å²) in [6.07, 6.45) is -0.283. The van der Waals surface area contributed by atoms with Gasteiger partial charge in [0, 0.05) is 11.4 Å². The quantitative estimate of drug-likeness (QED) is 0.584. The third-order valence-electron chi connectivity index (χ3n) is 5.41. The molecule has 1 heterocycles. The number of sulfone groups is 1. The maximum Gasteiger partial charge on any atom is 0.244 e. The van der Waals surface area contributed by atoms with E-state index in [9.17, 15) is 18.0 Å². The van der Waals surface area contributed by atoms with Crippen molar-refractivity contribution in [1.29, 1.82) is 0 Å². The van der Waals surface area contributed by atoms with Crippen LogP contribution in [0.4, 0.5) is 11.4 Å². The van der Waals surface area contributed by atoms with E-state index in [1.165, 1.54) is 30.2 Å². The number of halogens is 1. The molecule has 9 heteroatoms. The molecule has 0 unspecified atom stereocenters. The van der Waals surface area contributed by atoms with Crippen LogP contribution in [0.1, 0.15) is 17.2 Å². The van der Waals surface area contributed by atoms with Crippen molar-refractivity contribution in [3.05, 3.63) is 83.4 Å². The third kappa shape index (κ3) is 4.58. The monoisotopic (exact) mass is 484 g/mol. The summed E-state index contributed by atoms with van der Waals surface area (Å²) in [5, 5.41) is 2.05. The fraction of sp³-hybridized carbons (Fsp3) is 0.167. The predicted octanol–water partition coefficient (Wildman–Crippen LogP) is 4.24. The molecule has 0 fully saturated rings. The van der Waals surface area contributed by atoms with Crippen molar-refractivity contribution in [1.82, 2.24) is 0 Å². The topological polar surface area (TPSA) is 92.8 Å². The predicted molar refractivity (Wildman–Crippen MR) is 126 cm³/mol. The number of amides is 2. The van der Waals surface area contributed by atoms with Crippen molar-refractivity contribution in [3.63, 3.8) is 0 Å². The second-order valence-corrected chi connectivity index (χ2v) is 10.0. The highest BCUT2D eigenvalue weighted by Crippen LogP contribution is 2.40. The second kappa shape index (κ2) is 9.25. The smallest absolute Gasteiger partial charge is 0.244 e. The lowest BCUT2D eigenvalue weighted by Crippen LogP contribution is -2.38. The number of carbonyl (C=O) groups is 2. The Morgan fingerprint density at radius 3 is 2.52 bits per heavy atom. The Morgan fingerprint density at radius 1 is 1.09 bits per heavy atom. The van der Waals surface area contributed by atoms with Crippen molar-refractivity contribution in [2.75, 3.05) is 23.9 Å². The molecule has 3 aromatic carbocycles.